The minimum absolute atomic E-state index is 0.00692. The summed E-state index contributed by atoms with van der Waals surface area (Å²) in [5.74, 6) is -0.0757. The van der Waals surface area contributed by atoms with E-state index in [0.717, 1.165) is 51.4 Å². The van der Waals surface area contributed by atoms with Crippen LogP contribution >= 0.6 is 0 Å². The van der Waals surface area contributed by atoms with E-state index < -0.39 is 12.1 Å². The predicted molar refractivity (Wildman–Crippen MR) is 301 cm³/mol. The molecule has 0 fully saturated rings. The fourth-order valence-corrected chi connectivity index (χ4v) is 9.44. The van der Waals surface area contributed by atoms with Gasteiger partial charge in [-0.1, -0.05) is 294 Å². The van der Waals surface area contributed by atoms with Gasteiger partial charge in [0.1, 0.15) is 0 Å². The predicted octanol–water partition coefficient (Wildman–Crippen LogP) is 19.2. The van der Waals surface area contributed by atoms with Gasteiger partial charge in [-0.2, -0.15) is 0 Å². The molecule has 6 nitrogen and oxygen atoms in total. The molecule has 0 aliphatic rings. The summed E-state index contributed by atoms with van der Waals surface area (Å²) < 4.78 is 5.46. The Labute approximate surface area is 430 Å². The van der Waals surface area contributed by atoms with Crippen molar-refractivity contribution in [1.29, 1.82) is 0 Å². The zero-order valence-electron chi connectivity index (χ0n) is 46.3. The van der Waals surface area contributed by atoms with Crippen molar-refractivity contribution in [2.24, 2.45) is 0 Å². The van der Waals surface area contributed by atoms with Crippen LogP contribution in [0.5, 0.6) is 0 Å². The van der Waals surface area contributed by atoms with E-state index in [-0.39, 0.29) is 18.5 Å². The van der Waals surface area contributed by atoms with E-state index in [1.807, 2.05) is 6.08 Å². The van der Waals surface area contributed by atoms with E-state index in [9.17, 15) is 19.8 Å². The quantitative estimate of drug-likeness (QED) is 0.0321. The number of amides is 1. The highest BCUT2D eigenvalue weighted by atomic mass is 16.5. The monoisotopic (exact) mass is 970 g/mol. The molecule has 0 bridgehead atoms. The molecule has 0 radical (unpaired) electrons. The minimum Gasteiger partial charge on any atom is -0.466 e. The maximum atomic E-state index is 12.5. The Hall–Kier alpha value is -1.92. The summed E-state index contributed by atoms with van der Waals surface area (Å²) in [4.78, 5) is 24.5. The van der Waals surface area contributed by atoms with Crippen LogP contribution < -0.4 is 5.32 Å². The molecule has 0 aliphatic heterocycles. The Bertz CT molecular complexity index is 1120. The fraction of sp³-hybridized carbons (Fsp3) is 0.873. The number of carbonyl (C=O) groups excluding carboxylic acids is 2. The van der Waals surface area contributed by atoms with Gasteiger partial charge in [0, 0.05) is 12.8 Å². The zero-order valence-corrected chi connectivity index (χ0v) is 46.3. The van der Waals surface area contributed by atoms with Crippen molar-refractivity contribution < 1.29 is 24.5 Å². The van der Waals surface area contributed by atoms with Gasteiger partial charge in [0.15, 0.2) is 0 Å². The van der Waals surface area contributed by atoms with Crippen LogP contribution in [0, 0.1) is 0 Å². The lowest BCUT2D eigenvalue weighted by molar-refractivity contribution is -0.143. The van der Waals surface area contributed by atoms with Gasteiger partial charge >= 0.3 is 5.97 Å². The van der Waals surface area contributed by atoms with E-state index in [0.29, 0.717) is 19.4 Å². The minimum atomic E-state index is -0.848. The molecular weight excluding hydrogens is 851 g/mol. The molecule has 69 heavy (non-hydrogen) atoms. The summed E-state index contributed by atoms with van der Waals surface area (Å²) in [6.07, 6.45) is 73.2. The molecule has 0 aromatic rings. The maximum Gasteiger partial charge on any atom is 0.305 e. The number of esters is 1. The number of aliphatic hydroxyl groups is 2. The fourth-order valence-electron chi connectivity index (χ4n) is 9.44. The Kier molecular flexibility index (Phi) is 57.0. The molecule has 6 heteroatoms. The lowest BCUT2D eigenvalue weighted by atomic mass is 10.0. The summed E-state index contributed by atoms with van der Waals surface area (Å²) in [5.41, 5.74) is 0. The molecule has 2 unspecified atom stereocenters. The van der Waals surface area contributed by atoms with Crippen molar-refractivity contribution in [3.8, 4) is 0 Å². The zero-order chi connectivity index (χ0) is 50.0. The first-order valence-corrected chi connectivity index (χ1v) is 30.8. The summed E-state index contributed by atoms with van der Waals surface area (Å²) in [5, 5.41) is 23.2. The highest BCUT2D eigenvalue weighted by Crippen LogP contribution is 2.17. The molecule has 0 aromatic carbocycles. The van der Waals surface area contributed by atoms with Crippen LogP contribution in [0.1, 0.15) is 328 Å². The SMILES string of the molecule is CCC/C=C\C/C=C\CCCCCCCC(=O)OCCCCCCCCCCCCCCCCCCCCCC(=O)NC(CO)C(O)/C=C/CCCCCCCCCCCCCCCCCCCC. The van der Waals surface area contributed by atoms with Gasteiger partial charge in [0.05, 0.1) is 25.4 Å². The molecule has 0 saturated carbocycles. The number of allylic oxidation sites excluding steroid dienone is 5. The van der Waals surface area contributed by atoms with Crippen LogP contribution in [-0.2, 0) is 14.3 Å². The summed E-state index contributed by atoms with van der Waals surface area (Å²) in [6.45, 7) is 4.85. The number of nitrogens with one attached hydrogen (secondary N) is 1. The number of aliphatic hydroxyl groups excluding tert-OH is 2. The first-order valence-electron chi connectivity index (χ1n) is 30.8. The van der Waals surface area contributed by atoms with Gasteiger partial charge in [-0.05, 0) is 57.8 Å². The van der Waals surface area contributed by atoms with Crippen molar-refractivity contribution in [1.82, 2.24) is 5.32 Å². The average molecular weight is 971 g/mol. The maximum absolute atomic E-state index is 12.5. The second-order valence-electron chi connectivity index (χ2n) is 21.0. The van der Waals surface area contributed by atoms with Crippen LogP contribution in [0.2, 0.25) is 0 Å². The van der Waals surface area contributed by atoms with Gasteiger partial charge in [-0.3, -0.25) is 9.59 Å². The summed E-state index contributed by atoms with van der Waals surface area (Å²) >= 11 is 0. The first kappa shape index (κ1) is 67.1. The molecular formula is C63H119NO5. The molecule has 0 saturated heterocycles. The lowest BCUT2D eigenvalue weighted by Gasteiger charge is -2.20. The number of carbonyl (C=O) groups is 2. The highest BCUT2D eigenvalue weighted by molar-refractivity contribution is 5.76. The van der Waals surface area contributed by atoms with Crippen LogP contribution in [-0.4, -0.2) is 47.4 Å². The average Bonchev–Trinajstić information content (AvgIpc) is 3.35. The van der Waals surface area contributed by atoms with Crippen molar-refractivity contribution in [2.75, 3.05) is 13.2 Å². The Morgan fingerprint density at radius 3 is 1.16 bits per heavy atom. The largest absolute Gasteiger partial charge is 0.466 e. The third-order valence-electron chi connectivity index (χ3n) is 14.1. The highest BCUT2D eigenvalue weighted by Gasteiger charge is 2.18. The molecule has 0 spiro atoms. The van der Waals surface area contributed by atoms with Crippen molar-refractivity contribution in [3.05, 3.63) is 36.5 Å². The number of rotatable bonds is 57. The third kappa shape index (κ3) is 55.2. The lowest BCUT2D eigenvalue weighted by Crippen LogP contribution is -2.45. The molecule has 3 N–H and O–H groups in total. The van der Waals surface area contributed by atoms with Gasteiger partial charge in [0.25, 0.3) is 0 Å². The topological polar surface area (TPSA) is 95.9 Å². The van der Waals surface area contributed by atoms with Crippen LogP contribution in [0.25, 0.3) is 0 Å². The van der Waals surface area contributed by atoms with Gasteiger partial charge in [0.2, 0.25) is 5.91 Å². The van der Waals surface area contributed by atoms with Crippen LogP contribution in [0.4, 0.5) is 0 Å². The van der Waals surface area contributed by atoms with E-state index in [4.69, 9.17) is 4.74 Å². The van der Waals surface area contributed by atoms with Crippen LogP contribution in [0.15, 0.2) is 36.5 Å². The number of hydrogen-bond donors (Lipinski definition) is 3. The third-order valence-corrected chi connectivity index (χ3v) is 14.1. The Morgan fingerprint density at radius 2 is 0.754 bits per heavy atom. The van der Waals surface area contributed by atoms with Crippen LogP contribution in [0.3, 0.4) is 0 Å². The normalized spacial score (nSPS) is 12.8. The Morgan fingerprint density at radius 1 is 0.406 bits per heavy atom. The number of hydrogen-bond acceptors (Lipinski definition) is 5. The molecule has 1 amide bonds. The number of ether oxygens (including phenoxy) is 1. The Balaban J connectivity index is 3.44. The van der Waals surface area contributed by atoms with Gasteiger partial charge in [-0.25, -0.2) is 0 Å². The second kappa shape index (κ2) is 58.6. The van der Waals surface area contributed by atoms with E-state index >= 15 is 0 Å². The van der Waals surface area contributed by atoms with Crippen molar-refractivity contribution >= 4 is 11.9 Å². The van der Waals surface area contributed by atoms with Crippen molar-refractivity contribution in [2.45, 2.75) is 341 Å². The van der Waals surface area contributed by atoms with Crippen molar-refractivity contribution in [3.63, 3.8) is 0 Å². The van der Waals surface area contributed by atoms with Gasteiger partial charge < -0.3 is 20.3 Å². The van der Waals surface area contributed by atoms with Gasteiger partial charge in [-0.15, -0.1) is 0 Å². The smallest absolute Gasteiger partial charge is 0.305 e. The molecule has 0 rings (SSSR count). The molecule has 406 valence electrons. The standard InChI is InChI=1S/C63H119NO5/c1-3-5-7-9-11-13-15-17-18-19-20-22-25-28-32-35-39-43-47-51-55-61(66)60(59-65)64-62(67)56-52-48-44-40-36-33-29-26-23-21-24-27-30-34-38-42-46-50-54-58-69-63(68)57-53-49-45-41-37-31-16-14-12-10-8-6-4-2/h8,10,14,16,51,55,60-61,65-66H,3-7,9,11-13,15,17-50,52-54,56-59H2,1-2H3,(H,64,67)/b10-8-,16-14-,55-51+. The first-order chi connectivity index (χ1) is 34.0. The number of unbranched alkanes of at least 4 members (excludes halogenated alkanes) is 42. The van der Waals surface area contributed by atoms with E-state index in [1.165, 1.54) is 250 Å². The van der Waals surface area contributed by atoms with E-state index in [1.54, 1.807) is 6.08 Å². The summed E-state index contributed by atoms with van der Waals surface area (Å²) in [6, 6.07) is -0.631. The molecule has 2 atom stereocenters. The van der Waals surface area contributed by atoms with E-state index in [2.05, 4.69) is 43.5 Å². The molecule has 0 aliphatic carbocycles. The second-order valence-corrected chi connectivity index (χ2v) is 21.0. The molecule has 0 aromatic heterocycles. The molecule has 0 heterocycles. The summed E-state index contributed by atoms with van der Waals surface area (Å²) in [7, 11) is 0.